The second-order valence-electron chi connectivity index (χ2n) is 3.69. The van der Waals surface area contributed by atoms with E-state index >= 15 is 0 Å². The quantitative estimate of drug-likeness (QED) is 0.718. The van der Waals surface area contributed by atoms with Gasteiger partial charge in [0.25, 0.3) is 0 Å². The van der Waals surface area contributed by atoms with Crippen LogP contribution in [0.5, 0.6) is 0 Å². The lowest BCUT2D eigenvalue weighted by Crippen LogP contribution is -2.34. The number of nitrogens with zero attached hydrogens (tertiary/aromatic N) is 4. The molecule has 1 fully saturated rings. The molecule has 0 saturated carbocycles. The summed E-state index contributed by atoms with van der Waals surface area (Å²) in [7, 11) is 0. The summed E-state index contributed by atoms with van der Waals surface area (Å²) in [5, 5.41) is 7.81. The van der Waals surface area contributed by atoms with Gasteiger partial charge in [0, 0.05) is 13.1 Å². The van der Waals surface area contributed by atoms with Crippen molar-refractivity contribution in [3.8, 4) is 0 Å². The maximum Gasteiger partial charge on any atom is 0.239 e. The molecule has 0 bridgehead atoms. The zero-order chi connectivity index (χ0) is 10.8. The van der Waals surface area contributed by atoms with Gasteiger partial charge in [-0.25, -0.2) is 0 Å². The van der Waals surface area contributed by atoms with Gasteiger partial charge in [0.2, 0.25) is 5.91 Å². The van der Waals surface area contributed by atoms with Crippen molar-refractivity contribution in [3.63, 3.8) is 0 Å². The average molecular weight is 209 g/mol. The molecule has 15 heavy (non-hydrogen) atoms. The van der Waals surface area contributed by atoms with Crippen molar-refractivity contribution in [2.45, 2.75) is 32.5 Å². The summed E-state index contributed by atoms with van der Waals surface area (Å²) in [4.78, 5) is 13.3. The van der Waals surface area contributed by atoms with Gasteiger partial charge in [0.05, 0.1) is 12.6 Å². The van der Waals surface area contributed by atoms with Gasteiger partial charge in [0.1, 0.15) is 6.33 Å². The lowest BCUT2D eigenvalue weighted by molar-refractivity contribution is -0.129. The van der Waals surface area contributed by atoms with Gasteiger partial charge >= 0.3 is 0 Å². The third-order valence-corrected chi connectivity index (χ3v) is 2.71. The van der Waals surface area contributed by atoms with Crippen LogP contribution in [0.2, 0.25) is 0 Å². The summed E-state index contributed by atoms with van der Waals surface area (Å²) in [6.45, 7) is 4.07. The molecule has 1 aromatic heterocycles. The predicted molar refractivity (Wildman–Crippen MR) is 53.7 cm³/mol. The summed E-state index contributed by atoms with van der Waals surface area (Å²) in [5.41, 5.74) is 5.63. The standard InChI is InChI=1S/C9H15N5O/c1-2-13-6-11-12-8(13)5-14-4-3-7(10)9(14)15/h6-7H,2-5,10H2,1H3. The van der Waals surface area contributed by atoms with Crippen molar-refractivity contribution in [1.29, 1.82) is 0 Å². The van der Waals surface area contributed by atoms with E-state index in [0.717, 1.165) is 25.3 Å². The van der Waals surface area contributed by atoms with Gasteiger partial charge in [-0.15, -0.1) is 10.2 Å². The first-order valence-electron chi connectivity index (χ1n) is 5.13. The van der Waals surface area contributed by atoms with E-state index in [2.05, 4.69) is 10.2 Å². The van der Waals surface area contributed by atoms with Crippen LogP contribution in [0.1, 0.15) is 19.2 Å². The zero-order valence-electron chi connectivity index (χ0n) is 8.76. The van der Waals surface area contributed by atoms with Crippen molar-refractivity contribution in [2.75, 3.05) is 6.54 Å². The highest BCUT2D eigenvalue weighted by Crippen LogP contribution is 2.12. The van der Waals surface area contributed by atoms with E-state index in [1.165, 1.54) is 0 Å². The van der Waals surface area contributed by atoms with Crippen LogP contribution >= 0.6 is 0 Å². The SMILES string of the molecule is CCn1cnnc1CN1CCC(N)C1=O. The van der Waals surface area contributed by atoms with Gasteiger partial charge in [-0.2, -0.15) is 0 Å². The largest absolute Gasteiger partial charge is 0.334 e. The van der Waals surface area contributed by atoms with E-state index in [1.807, 2.05) is 11.5 Å². The Bertz CT molecular complexity index is 361. The van der Waals surface area contributed by atoms with Crippen molar-refractivity contribution in [1.82, 2.24) is 19.7 Å². The molecule has 1 aliphatic heterocycles. The number of rotatable bonds is 3. The fraction of sp³-hybridized carbons (Fsp3) is 0.667. The van der Waals surface area contributed by atoms with E-state index in [4.69, 9.17) is 5.73 Å². The molecule has 1 saturated heterocycles. The number of aryl methyl sites for hydroxylation is 1. The molecule has 6 heteroatoms. The molecule has 0 aromatic carbocycles. The Morgan fingerprint density at radius 2 is 2.47 bits per heavy atom. The maximum absolute atomic E-state index is 11.6. The predicted octanol–water partition coefficient (Wildman–Crippen LogP) is -0.642. The third-order valence-electron chi connectivity index (χ3n) is 2.71. The van der Waals surface area contributed by atoms with E-state index in [-0.39, 0.29) is 11.9 Å². The first-order valence-corrected chi connectivity index (χ1v) is 5.13. The van der Waals surface area contributed by atoms with E-state index in [1.54, 1.807) is 11.2 Å². The number of carbonyl (C=O) groups is 1. The van der Waals surface area contributed by atoms with Gasteiger partial charge in [0.15, 0.2) is 5.82 Å². The monoisotopic (exact) mass is 209 g/mol. The Morgan fingerprint density at radius 3 is 3.07 bits per heavy atom. The summed E-state index contributed by atoms with van der Waals surface area (Å²) >= 11 is 0. The first kappa shape index (κ1) is 10.1. The van der Waals surface area contributed by atoms with Crippen LogP contribution in [0.4, 0.5) is 0 Å². The molecule has 1 amide bonds. The highest BCUT2D eigenvalue weighted by atomic mass is 16.2. The number of amides is 1. The van der Waals surface area contributed by atoms with Crippen LogP contribution in [0.25, 0.3) is 0 Å². The first-order chi connectivity index (χ1) is 7.22. The second-order valence-corrected chi connectivity index (χ2v) is 3.69. The molecule has 0 spiro atoms. The zero-order valence-corrected chi connectivity index (χ0v) is 8.76. The summed E-state index contributed by atoms with van der Waals surface area (Å²) in [6, 6.07) is -0.331. The molecule has 1 aliphatic rings. The molecule has 2 heterocycles. The Morgan fingerprint density at radius 1 is 1.67 bits per heavy atom. The maximum atomic E-state index is 11.6. The van der Waals surface area contributed by atoms with Crippen LogP contribution in [-0.4, -0.2) is 38.2 Å². The Balaban J connectivity index is 2.06. The Labute approximate surface area is 88.1 Å². The summed E-state index contributed by atoms with van der Waals surface area (Å²) < 4.78 is 1.93. The smallest absolute Gasteiger partial charge is 0.239 e. The second kappa shape index (κ2) is 3.98. The number of likely N-dealkylation sites (tertiary alicyclic amines) is 1. The molecule has 0 radical (unpaired) electrons. The minimum absolute atomic E-state index is 0.0145. The van der Waals surface area contributed by atoms with Crippen molar-refractivity contribution < 1.29 is 4.79 Å². The highest BCUT2D eigenvalue weighted by molar-refractivity contribution is 5.83. The lowest BCUT2D eigenvalue weighted by atomic mass is 10.3. The van der Waals surface area contributed by atoms with Crippen LogP contribution in [0, 0.1) is 0 Å². The van der Waals surface area contributed by atoms with Crippen LogP contribution < -0.4 is 5.73 Å². The van der Waals surface area contributed by atoms with E-state index in [0.29, 0.717) is 6.54 Å². The number of nitrogens with two attached hydrogens (primary N) is 1. The van der Waals surface area contributed by atoms with Crippen LogP contribution in [0.15, 0.2) is 6.33 Å². The fourth-order valence-corrected chi connectivity index (χ4v) is 1.76. The topological polar surface area (TPSA) is 77.0 Å². The Hall–Kier alpha value is -1.43. The molecule has 2 rings (SSSR count). The summed E-state index contributed by atoms with van der Waals surface area (Å²) in [5.74, 6) is 0.834. The van der Waals surface area contributed by atoms with Gasteiger partial charge in [-0.3, -0.25) is 4.79 Å². The number of hydrogen-bond acceptors (Lipinski definition) is 4. The van der Waals surface area contributed by atoms with Crippen molar-refractivity contribution in [3.05, 3.63) is 12.2 Å². The number of hydrogen-bond donors (Lipinski definition) is 1. The third kappa shape index (κ3) is 1.85. The molecule has 1 aromatic rings. The lowest BCUT2D eigenvalue weighted by Gasteiger charge is -2.15. The molecular weight excluding hydrogens is 194 g/mol. The van der Waals surface area contributed by atoms with Gasteiger partial charge in [-0.1, -0.05) is 0 Å². The molecule has 6 nitrogen and oxygen atoms in total. The number of carbonyl (C=O) groups excluding carboxylic acids is 1. The molecular formula is C9H15N5O. The van der Waals surface area contributed by atoms with Gasteiger partial charge in [-0.05, 0) is 13.3 Å². The van der Waals surface area contributed by atoms with Crippen LogP contribution in [0.3, 0.4) is 0 Å². The molecule has 82 valence electrons. The van der Waals surface area contributed by atoms with Crippen LogP contribution in [-0.2, 0) is 17.9 Å². The minimum Gasteiger partial charge on any atom is -0.334 e. The number of aromatic nitrogens is 3. The van der Waals surface area contributed by atoms with E-state index < -0.39 is 0 Å². The molecule has 2 N–H and O–H groups in total. The van der Waals surface area contributed by atoms with Crippen molar-refractivity contribution >= 4 is 5.91 Å². The van der Waals surface area contributed by atoms with Gasteiger partial charge < -0.3 is 15.2 Å². The molecule has 1 unspecified atom stereocenters. The van der Waals surface area contributed by atoms with E-state index in [9.17, 15) is 4.79 Å². The normalized spacial score (nSPS) is 21.3. The fourth-order valence-electron chi connectivity index (χ4n) is 1.76. The Kier molecular flexibility index (Phi) is 2.68. The molecule has 1 atom stereocenters. The minimum atomic E-state index is -0.331. The average Bonchev–Trinajstić information content (AvgIpc) is 2.80. The highest BCUT2D eigenvalue weighted by Gasteiger charge is 2.29. The summed E-state index contributed by atoms with van der Waals surface area (Å²) in [6.07, 6.45) is 2.41. The molecule has 0 aliphatic carbocycles. The van der Waals surface area contributed by atoms with Crippen molar-refractivity contribution in [2.24, 2.45) is 5.73 Å².